The summed E-state index contributed by atoms with van der Waals surface area (Å²) in [6.45, 7) is 0. The smallest absolute Gasteiger partial charge is 0.274 e. The summed E-state index contributed by atoms with van der Waals surface area (Å²) in [7, 11) is 0. The summed E-state index contributed by atoms with van der Waals surface area (Å²) in [5, 5.41) is 15.5. The average molecular weight is 206 g/mol. The molecule has 0 aliphatic heterocycles. The van der Waals surface area contributed by atoms with E-state index in [1.165, 1.54) is 18.3 Å². The molecule has 0 aliphatic carbocycles. The molecule has 76 valence electrons. The fourth-order valence-electron chi connectivity index (χ4n) is 0.930. The molecule has 1 rings (SSSR count). The molecule has 15 heavy (non-hydrogen) atoms. The minimum Gasteiger partial charge on any atom is -0.369 e. The van der Waals surface area contributed by atoms with Crippen LogP contribution in [0.2, 0.25) is 0 Å². The van der Waals surface area contributed by atoms with Crippen LogP contribution in [0.15, 0.2) is 24.3 Å². The van der Waals surface area contributed by atoms with E-state index in [4.69, 9.17) is 16.4 Å². The Morgan fingerprint density at radius 2 is 2.00 bits per heavy atom. The number of hydrogen-bond donors (Lipinski definition) is 2. The number of nitrogens with one attached hydrogen (secondary N) is 1. The highest BCUT2D eigenvalue weighted by molar-refractivity contribution is 6.05. The summed E-state index contributed by atoms with van der Waals surface area (Å²) in [5.74, 6) is -1.92. The molecule has 0 spiro atoms. The highest BCUT2D eigenvalue weighted by Gasteiger charge is 2.17. The Balaban J connectivity index is 2.99. The third-order valence-corrected chi connectivity index (χ3v) is 1.64. The molecular weight excluding hydrogens is 199 g/mol. The van der Waals surface area contributed by atoms with E-state index in [0.717, 1.165) is 12.1 Å². The Morgan fingerprint density at radius 3 is 2.40 bits per heavy atom. The molecule has 0 bridgehead atoms. The first-order valence-electron chi connectivity index (χ1n) is 3.90. The summed E-state index contributed by atoms with van der Waals surface area (Å²) in [4.78, 5) is 11.9. The lowest BCUT2D eigenvalue weighted by Gasteiger charge is -2.10. The zero-order chi connectivity index (χ0) is 11.4. The molecule has 0 saturated heterocycles. The van der Waals surface area contributed by atoms with Gasteiger partial charge in [0.25, 0.3) is 5.91 Å². The Labute approximate surface area is 85.0 Å². The normalized spacial score (nSPS) is 9.07. The van der Waals surface area contributed by atoms with Crippen molar-refractivity contribution in [3.8, 4) is 6.19 Å². The van der Waals surface area contributed by atoms with E-state index in [0.29, 0.717) is 4.90 Å². The molecule has 1 aromatic carbocycles. The number of carbonyl (C=O) groups excluding carboxylic acids is 1. The Hall–Kier alpha value is -2.42. The SMILES string of the molecule is N#CN(C(=N)N)C(=O)c1ccc(F)cc1. The Kier molecular flexibility index (Phi) is 2.98. The second-order valence-corrected chi connectivity index (χ2v) is 2.63. The van der Waals surface area contributed by atoms with Gasteiger partial charge >= 0.3 is 0 Å². The standard InChI is InChI=1S/C9H7FN4O/c10-7-3-1-6(2-4-7)8(15)14(5-11)9(12)13/h1-4H,(H3,12,13). The van der Waals surface area contributed by atoms with Gasteiger partial charge in [-0.15, -0.1) is 0 Å². The van der Waals surface area contributed by atoms with Crippen LogP contribution in [0.25, 0.3) is 0 Å². The number of halogens is 1. The van der Waals surface area contributed by atoms with Crippen LogP contribution in [-0.2, 0) is 0 Å². The summed E-state index contributed by atoms with van der Waals surface area (Å²) < 4.78 is 12.5. The summed E-state index contributed by atoms with van der Waals surface area (Å²) in [6, 6.07) is 4.60. The Bertz CT molecular complexity index is 434. The van der Waals surface area contributed by atoms with Crippen molar-refractivity contribution < 1.29 is 9.18 Å². The van der Waals surface area contributed by atoms with Crippen molar-refractivity contribution in [1.29, 1.82) is 10.7 Å². The third kappa shape index (κ3) is 2.28. The van der Waals surface area contributed by atoms with Gasteiger partial charge in [0.15, 0.2) is 6.19 Å². The monoisotopic (exact) mass is 206 g/mol. The lowest BCUT2D eigenvalue weighted by molar-refractivity contribution is 0.0892. The van der Waals surface area contributed by atoms with Gasteiger partial charge in [0.05, 0.1) is 0 Å². The zero-order valence-corrected chi connectivity index (χ0v) is 7.57. The number of hydrogen-bond acceptors (Lipinski definition) is 3. The van der Waals surface area contributed by atoms with E-state index in [1.54, 1.807) is 0 Å². The summed E-state index contributed by atoms with van der Waals surface area (Å²) in [5.41, 5.74) is 5.10. The lowest BCUT2D eigenvalue weighted by atomic mass is 10.2. The Morgan fingerprint density at radius 1 is 1.47 bits per heavy atom. The second-order valence-electron chi connectivity index (χ2n) is 2.63. The number of amides is 1. The number of benzene rings is 1. The van der Waals surface area contributed by atoms with E-state index in [-0.39, 0.29) is 5.56 Å². The third-order valence-electron chi connectivity index (χ3n) is 1.64. The van der Waals surface area contributed by atoms with E-state index in [9.17, 15) is 9.18 Å². The topological polar surface area (TPSA) is 94.0 Å². The molecule has 0 atom stereocenters. The minimum absolute atomic E-state index is 0.0909. The van der Waals surface area contributed by atoms with Gasteiger partial charge in [0, 0.05) is 5.56 Å². The highest BCUT2D eigenvalue weighted by Crippen LogP contribution is 2.05. The lowest BCUT2D eigenvalue weighted by Crippen LogP contribution is -2.37. The zero-order valence-electron chi connectivity index (χ0n) is 7.57. The van der Waals surface area contributed by atoms with Crippen LogP contribution in [-0.4, -0.2) is 16.8 Å². The highest BCUT2D eigenvalue weighted by atomic mass is 19.1. The van der Waals surface area contributed by atoms with Crippen molar-refractivity contribution in [2.45, 2.75) is 0 Å². The number of carbonyl (C=O) groups is 1. The molecule has 3 N–H and O–H groups in total. The van der Waals surface area contributed by atoms with E-state index in [2.05, 4.69) is 0 Å². The van der Waals surface area contributed by atoms with Crippen LogP contribution in [0.5, 0.6) is 0 Å². The van der Waals surface area contributed by atoms with Crippen molar-refractivity contribution in [2.75, 3.05) is 0 Å². The average Bonchev–Trinajstić information content (AvgIpc) is 2.19. The molecule has 0 saturated carbocycles. The van der Waals surface area contributed by atoms with Crippen LogP contribution in [0.1, 0.15) is 10.4 Å². The first kappa shape index (κ1) is 10.7. The predicted octanol–water partition coefficient (Wildman–Crippen LogP) is 0.642. The van der Waals surface area contributed by atoms with Gasteiger partial charge in [-0.25, -0.2) is 4.39 Å². The molecule has 0 fully saturated rings. The number of rotatable bonds is 1. The molecule has 1 amide bonds. The van der Waals surface area contributed by atoms with Gasteiger partial charge in [0.2, 0.25) is 5.96 Å². The van der Waals surface area contributed by atoms with Gasteiger partial charge in [-0.2, -0.15) is 10.2 Å². The van der Waals surface area contributed by atoms with Gasteiger partial charge in [-0.3, -0.25) is 10.2 Å². The number of guanidine groups is 1. The predicted molar refractivity (Wildman–Crippen MR) is 50.1 cm³/mol. The number of nitrogens with zero attached hydrogens (tertiary/aromatic N) is 2. The van der Waals surface area contributed by atoms with Gasteiger partial charge in [0.1, 0.15) is 5.82 Å². The summed E-state index contributed by atoms with van der Waals surface area (Å²) >= 11 is 0. The van der Waals surface area contributed by atoms with Crippen molar-refractivity contribution >= 4 is 11.9 Å². The number of nitrogens with two attached hydrogens (primary N) is 1. The van der Waals surface area contributed by atoms with Crippen LogP contribution in [0, 0.1) is 22.7 Å². The van der Waals surface area contributed by atoms with Crippen LogP contribution < -0.4 is 5.73 Å². The molecule has 1 aromatic rings. The van der Waals surface area contributed by atoms with Crippen molar-refractivity contribution in [3.05, 3.63) is 35.6 Å². The maximum absolute atomic E-state index is 12.5. The maximum Gasteiger partial charge on any atom is 0.274 e. The molecule has 5 nitrogen and oxygen atoms in total. The van der Waals surface area contributed by atoms with Crippen LogP contribution >= 0.6 is 0 Å². The van der Waals surface area contributed by atoms with Crippen LogP contribution in [0.3, 0.4) is 0 Å². The molecule has 0 unspecified atom stereocenters. The molecular formula is C9H7FN4O. The first-order valence-corrected chi connectivity index (χ1v) is 3.90. The molecule has 0 heterocycles. The largest absolute Gasteiger partial charge is 0.369 e. The second kappa shape index (κ2) is 4.19. The van der Waals surface area contributed by atoms with E-state index >= 15 is 0 Å². The maximum atomic E-state index is 12.5. The molecule has 0 aliphatic rings. The quantitative estimate of drug-likeness (QED) is 0.305. The summed E-state index contributed by atoms with van der Waals surface area (Å²) in [6.07, 6.45) is 1.45. The molecule has 0 aromatic heterocycles. The minimum atomic E-state index is -0.759. The number of nitriles is 1. The molecule has 0 radical (unpaired) electrons. The van der Waals surface area contributed by atoms with Gasteiger partial charge < -0.3 is 5.73 Å². The van der Waals surface area contributed by atoms with Gasteiger partial charge in [-0.1, -0.05) is 0 Å². The fourth-order valence-corrected chi connectivity index (χ4v) is 0.930. The molecule has 6 heteroatoms. The van der Waals surface area contributed by atoms with Gasteiger partial charge in [-0.05, 0) is 24.3 Å². The van der Waals surface area contributed by atoms with E-state index in [1.807, 2.05) is 0 Å². The van der Waals surface area contributed by atoms with Crippen molar-refractivity contribution in [2.24, 2.45) is 5.73 Å². The van der Waals surface area contributed by atoms with E-state index < -0.39 is 17.7 Å². The van der Waals surface area contributed by atoms with Crippen molar-refractivity contribution in [1.82, 2.24) is 4.90 Å². The van der Waals surface area contributed by atoms with Crippen LogP contribution in [0.4, 0.5) is 4.39 Å². The fraction of sp³-hybridized carbons (Fsp3) is 0. The first-order chi connectivity index (χ1) is 7.06. The van der Waals surface area contributed by atoms with Crippen molar-refractivity contribution in [3.63, 3.8) is 0 Å².